The lowest BCUT2D eigenvalue weighted by Gasteiger charge is -2.09. The number of ether oxygens (including phenoxy) is 12. The summed E-state index contributed by atoms with van der Waals surface area (Å²) in [5, 5.41) is 7.07. The summed E-state index contributed by atoms with van der Waals surface area (Å²) in [5.74, 6) is 0.127. The molecule has 0 atom stereocenters. The molecule has 0 radical (unpaired) electrons. The van der Waals surface area contributed by atoms with Crippen molar-refractivity contribution in [2.45, 2.75) is 6.42 Å². The van der Waals surface area contributed by atoms with Crippen molar-refractivity contribution in [3.63, 3.8) is 0 Å². The lowest BCUT2D eigenvalue weighted by molar-refractivity contribution is -0.0279. The molecular weight excluding hydrogens is 532 g/mol. The fraction of sp³-hybridized carbons (Fsp3) is 0.962. The molecule has 40 heavy (non-hydrogen) atoms. The largest absolute Gasteiger partial charge is 0.388 e. The SMILES string of the molecule is COCCOCCOCCOCCOCCOCCOCCOCCOCCOCCOCCOCCC(=N)N. The minimum atomic E-state index is 0.127. The predicted molar refractivity (Wildman–Crippen MR) is 147 cm³/mol. The van der Waals surface area contributed by atoms with Crippen LogP contribution in [0.4, 0.5) is 0 Å². The summed E-state index contributed by atoms with van der Waals surface area (Å²) in [6, 6.07) is 0. The summed E-state index contributed by atoms with van der Waals surface area (Å²) in [6.45, 7) is 11.9. The Hall–Kier alpha value is -1.01. The maximum atomic E-state index is 7.07. The predicted octanol–water partition coefficient (Wildman–Crippen LogP) is 0.141. The van der Waals surface area contributed by atoms with Gasteiger partial charge in [0.05, 0.1) is 158 Å². The van der Waals surface area contributed by atoms with E-state index >= 15 is 0 Å². The van der Waals surface area contributed by atoms with Crippen molar-refractivity contribution in [2.75, 3.05) is 159 Å². The lowest BCUT2D eigenvalue weighted by atomic mass is 10.4. The van der Waals surface area contributed by atoms with Crippen LogP contribution in [0.1, 0.15) is 6.42 Å². The number of nitrogens with one attached hydrogen (secondary N) is 1. The van der Waals surface area contributed by atoms with Gasteiger partial charge in [0.2, 0.25) is 0 Å². The molecule has 14 heteroatoms. The Labute approximate surface area is 239 Å². The van der Waals surface area contributed by atoms with E-state index in [1.807, 2.05) is 0 Å². The Morgan fingerprint density at radius 2 is 0.525 bits per heavy atom. The molecule has 0 unspecified atom stereocenters. The lowest BCUT2D eigenvalue weighted by Crippen LogP contribution is -2.16. The molecule has 0 amide bonds. The number of hydrogen-bond donors (Lipinski definition) is 2. The van der Waals surface area contributed by atoms with E-state index in [2.05, 4.69) is 0 Å². The molecule has 0 aliphatic carbocycles. The first-order chi connectivity index (χ1) is 19.8. The second-order valence-corrected chi connectivity index (χ2v) is 8.00. The van der Waals surface area contributed by atoms with Crippen LogP contribution in [0.25, 0.3) is 0 Å². The second-order valence-electron chi connectivity index (χ2n) is 8.00. The van der Waals surface area contributed by atoms with Crippen LogP contribution in [0.2, 0.25) is 0 Å². The Morgan fingerprint density at radius 1 is 0.350 bits per heavy atom. The maximum Gasteiger partial charge on any atom is 0.0928 e. The van der Waals surface area contributed by atoms with Gasteiger partial charge in [0.15, 0.2) is 0 Å². The Kier molecular flexibility index (Phi) is 35.1. The summed E-state index contributed by atoms with van der Waals surface area (Å²) in [7, 11) is 1.64. The zero-order valence-corrected chi connectivity index (χ0v) is 24.4. The highest BCUT2D eigenvalue weighted by Crippen LogP contribution is 1.87. The van der Waals surface area contributed by atoms with E-state index in [4.69, 9.17) is 68.0 Å². The summed E-state index contributed by atoms with van der Waals surface area (Å²) in [6.07, 6.45) is 0.444. The van der Waals surface area contributed by atoms with Gasteiger partial charge < -0.3 is 62.6 Å². The summed E-state index contributed by atoms with van der Waals surface area (Å²) < 4.78 is 64.3. The molecule has 14 nitrogen and oxygen atoms in total. The molecule has 3 N–H and O–H groups in total. The van der Waals surface area contributed by atoms with Crippen LogP contribution < -0.4 is 5.73 Å². The Bertz CT molecular complexity index is 495. The Morgan fingerprint density at radius 3 is 0.700 bits per heavy atom. The second kappa shape index (κ2) is 36.0. The number of methoxy groups -OCH3 is 1. The molecule has 0 bridgehead atoms. The van der Waals surface area contributed by atoms with Crippen LogP contribution in [0, 0.1) is 5.41 Å². The van der Waals surface area contributed by atoms with Gasteiger partial charge in [-0.25, -0.2) is 0 Å². The van der Waals surface area contributed by atoms with E-state index in [9.17, 15) is 0 Å². The average Bonchev–Trinajstić information content (AvgIpc) is 2.95. The highest BCUT2D eigenvalue weighted by molar-refractivity contribution is 5.76. The third kappa shape index (κ3) is 37.0. The van der Waals surface area contributed by atoms with Gasteiger partial charge in [0, 0.05) is 13.5 Å². The first-order valence-electron chi connectivity index (χ1n) is 13.9. The van der Waals surface area contributed by atoms with Gasteiger partial charge >= 0.3 is 0 Å². The molecule has 0 saturated carbocycles. The van der Waals surface area contributed by atoms with E-state index in [0.29, 0.717) is 158 Å². The van der Waals surface area contributed by atoms with E-state index in [1.165, 1.54) is 0 Å². The van der Waals surface area contributed by atoms with E-state index in [-0.39, 0.29) is 5.84 Å². The number of hydrogen-bond acceptors (Lipinski definition) is 13. The van der Waals surface area contributed by atoms with Crippen LogP contribution in [-0.4, -0.2) is 165 Å². The van der Waals surface area contributed by atoms with Gasteiger partial charge in [-0.1, -0.05) is 0 Å². The fourth-order valence-corrected chi connectivity index (χ4v) is 2.63. The number of amidine groups is 1. The molecule has 240 valence electrons. The van der Waals surface area contributed by atoms with Crippen molar-refractivity contribution < 1.29 is 56.8 Å². The number of rotatable bonds is 36. The van der Waals surface area contributed by atoms with Crippen molar-refractivity contribution in [2.24, 2.45) is 5.73 Å². The van der Waals surface area contributed by atoms with Crippen LogP contribution >= 0.6 is 0 Å². The molecule has 0 rings (SSSR count). The van der Waals surface area contributed by atoms with Crippen molar-refractivity contribution >= 4 is 5.84 Å². The maximum absolute atomic E-state index is 7.07. The highest BCUT2D eigenvalue weighted by Gasteiger charge is 1.96. The summed E-state index contributed by atoms with van der Waals surface area (Å²) in [4.78, 5) is 0. The van der Waals surface area contributed by atoms with E-state index in [0.717, 1.165) is 0 Å². The van der Waals surface area contributed by atoms with Crippen LogP contribution in [0.15, 0.2) is 0 Å². The minimum absolute atomic E-state index is 0.127. The molecule has 0 fully saturated rings. The van der Waals surface area contributed by atoms with Gasteiger partial charge in [0.1, 0.15) is 0 Å². The standard InChI is InChI=1S/C26H54N2O12/c1-29-4-5-31-8-9-33-12-13-35-16-17-37-20-21-39-24-25-40-23-22-38-19-18-36-15-14-34-11-10-32-7-6-30-3-2-26(27)28/h2-25H2,1H3,(H3,27,28). The van der Waals surface area contributed by atoms with Gasteiger partial charge in [0.25, 0.3) is 0 Å². The first kappa shape index (κ1) is 39.0. The highest BCUT2D eigenvalue weighted by atomic mass is 16.6. The fourth-order valence-electron chi connectivity index (χ4n) is 2.63. The molecule has 0 aliphatic heterocycles. The Balaban J connectivity index is 3.03. The average molecular weight is 587 g/mol. The molecule has 0 heterocycles. The van der Waals surface area contributed by atoms with Gasteiger partial charge in [-0.05, 0) is 0 Å². The van der Waals surface area contributed by atoms with Crippen molar-refractivity contribution in [1.29, 1.82) is 5.41 Å². The molecule has 0 aromatic carbocycles. The van der Waals surface area contributed by atoms with Crippen LogP contribution in [0.5, 0.6) is 0 Å². The van der Waals surface area contributed by atoms with Crippen molar-refractivity contribution in [1.82, 2.24) is 0 Å². The minimum Gasteiger partial charge on any atom is -0.388 e. The zero-order chi connectivity index (χ0) is 29.0. The topological polar surface area (TPSA) is 161 Å². The van der Waals surface area contributed by atoms with Gasteiger partial charge in [-0.2, -0.15) is 0 Å². The van der Waals surface area contributed by atoms with E-state index < -0.39 is 0 Å². The van der Waals surface area contributed by atoms with Crippen LogP contribution in [-0.2, 0) is 56.8 Å². The third-order valence-corrected chi connectivity index (χ3v) is 4.67. The molecule has 0 saturated heterocycles. The van der Waals surface area contributed by atoms with Crippen LogP contribution in [0.3, 0.4) is 0 Å². The van der Waals surface area contributed by atoms with E-state index in [1.54, 1.807) is 7.11 Å². The quantitative estimate of drug-likeness (QED) is 0.0580. The first-order valence-corrected chi connectivity index (χ1v) is 13.9. The normalized spacial score (nSPS) is 11.4. The molecule has 0 spiro atoms. The smallest absolute Gasteiger partial charge is 0.0928 e. The van der Waals surface area contributed by atoms with Crippen molar-refractivity contribution in [3.05, 3.63) is 0 Å². The van der Waals surface area contributed by atoms with Gasteiger partial charge in [-0.3, -0.25) is 5.41 Å². The molecule has 0 aromatic rings. The molecule has 0 aliphatic rings. The number of nitrogens with two attached hydrogens (primary N) is 1. The van der Waals surface area contributed by atoms with Gasteiger partial charge in [-0.15, -0.1) is 0 Å². The third-order valence-electron chi connectivity index (χ3n) is 4.67. The molecule has 0 aromatic heterocycles. The monoisotopic (exact) mass is 586 g/mol. The van der Waals surface area contributed by atoms with Crippen molar-refractivity contribution in [3.8, 4) is 0 Å². The zero-order valence-electron chi connectivity index (χ0n) is 24.4. The molecular formula is C26H54N2O12. The summed E-state index contributed by atoms with van der Waals surface area (Å²) >= 11 is 0. The summed E-state index contributed by atoms with van der Waals surface area (Å²) in [5.41, 5.74) is 5.23.